The van der Waals surface area contributed by atoms with Crippen molar-refractivity contribution in [2.45, 2.75) is 90.5 Å². The zero-order valence-corrected chi connectivity index (χ0v) is 45.2. The molecule has 16 heteroatoms. The molecule has 0 radical (unpaired) electrons. The van der Waals surface area contributed by atoms with Gasteiger partial charge >= 0.3 is 0 Å². The molecule has 404 valence electrons. The number of benzene rings is 4. The number of hydrogen-bond donors (Lipinski definition) is 2. The highest BCUT2D eigenvalue weighted by Crippen LogP contribution is 2.45. The van der Waals surface area contributed by atoms with Crippen molar-refractivity contribution in [1.82, 2.24) is 38.7 Å². The normalized spacial score (nSPS) is 15.9. The van der Waals surface area contributed by atoms with E-state index < -0.39 is 22.8 Å². The van der Waals surface area contributed by atoms with Crippen LogP contribution in [0.15, 0.2) is 110 Å². The standard InChI is InChI=1S/2C31H32F2N4O2/c2*1-18-16-35-36(4)29(18)21-13-26-28(34-17-21)27-24(33)14-22(31(2,3)38)15-25(27)37(26)30(19-8-10-39-11-9-19)20-6-5-7-23(32)12-20/h2*5-7,12-17,19,30,38H,8-11H2,1-4H3. The third kappa shape index (κ3) is 9.66. The van der Waals surface area contributed by atoms with Gasteiger partial charge in [0.15, 0.2) is 0 Å². The Kier molecular flexibility index (Phi) is 13.9. The van der Waals surface area contributed by atoms with Crippen LogP contribution < -0.4 is 0 Å². The average molecular weight is 1060 g/mol. The fraction of sp³-hybridized carbons (Fsp3) is 0.355. The number of pyridine rings is 2. The molecule has 4 aromatic carbocycles. The van der Waals surface area contributed by atoms with Gasteiger partial charge < -0.3 is 28.8 Å². The van der Waals surface area contributed by atoms with Gasteiger partial charge in [-0.15, -0.1) is 0 Å². The first kappa shape index (κ1) is 52.8. The summed E-state index contributed by atoms with van der Waals surface area (Å²) in [7, 11) is 3.77. The maximum atomic E-state index is 15.9. The van der Waals surface area contributed by atoms with Crippen LogP contribution in [0.2, 0.25) is 0 Å². The minimum Gasteiger partial charge on any atom is -0.386 e. The highest BCUT2D eigenvalue weighted by molar-refractivity contribution is 6.08. The SMILES string of the molecule is Cc1cnn(C)c1-c1cnc2c3c(F)cc(C(C)(C)O)cc3n(C(c3cccc(F)c3)C3CCOCC3)c2c1.Cc1cnn(C)c1-c1cnc2c3c(F)cc(C(C)(C)O)cc3n(C(c3cccc(F)c3)C3CCOCC3)c2c1. The molecule has 2 saturated heterocycles. The summed E-state index contributed by atoms with van der Waals surface area (Å²) < 4.78 is 80.3. The van der Waals surface area contributed by atoms with Gasteiger partial charge in [0.2, 0.25) is 0 Å². The van der Waals surface area contributed by atoms with Gasteiger partial charge in [0, 0.05) is 64.0 Å². The molecule has 0 bridgehead atoms. The van der Waals surface area contributed by atoms with Crippen molar-refractivity contribution in [2.75, 3.05) is 26.4 Å². The molecule has 12 rings (SSSR count). The number of hydrogen-bond acceptors (Lipinski definition) is 8. The van der Waals surface area contributed by atoms with Gasteiger partial charge in [0.25, 0.3) is 0 Å². The van der Waals surface area contributed by atoms with Crippen LogP contribution in [0.25, 0.3) is 66.4 Å². The maximum Gasteiger partial charge on any atom is 0.135 e. The lowest BCUT2D eigenvalue weighted by Crippen LogP contribution is -2.27. The predicted octanol–water partition coefficient (Wildman–Crippen LogP) is 12.8. The summed E-state index contributed by atoms with van der Waals surface area (Å²) in [5, 5.41) is 31.3. The molecule has 2 unspecified atom stereocenters. The summed E-state index contributed by atoms with van der Waals surface area (Å²) in [6, 6.07) is 23.2. The first-order valence-corrected chi connectivity index (χ1v) is 26.6. The van der Waals surface area contributed by atoms with E-state index in [1.165, 1.54) is 24.3 Å². The van der Waals surface area contributed by atoms with Crippen LogP contribution in [0.1, 0.15) is 98.8 Å². The van der Waals surface area contributed by atoms with Crippen molar-refractivity contribution < 1.29 is 37.2 Å². The molecule has 12 nitrogen and oxygen atoms in total. The summed E-state index contributed by atoms with van der Waals surface area (Å²) in [6.07, 6.45) is 10.3. The molecule has 2 atom stereocenters. The second-order valence-corrected chi connectivity index (χ2v) is 22.2. The number of ether oxygens (including phenoxy) is 2. The molecule has 10 aromatic rings. The van der Waals surface area contributed by atoms with Crippen LogP contribution in [0.5, 0.6) is 0 Å². The quantitative estimate of drug-likeness (QED) is 0.130. The van der Waals surface area contributed by atoms with Crippen LogP contribution in [0, 0.1) is 49.0 Å². The minimum absolute atomic E-state index is 0.121. The van der Waals surface area contributed by atoms with Crippen molar-refractivity contribution >= 4 is 43.9 Å². The van der Waals surface area contributed by atoms with E-state index in [4.69, 9.17) is 19.4 Å². The third-order valence-corrected chi connectivity index (χ3v) is 16.0. The van der Waals surface area contributed by atoms with E-state index >= 15 is 8.78 Å². The van der Waals surface area contributed by atoms with Gasteiger partial charge in [-0.05, 0) is 173 Å². The fourth-order valence-corrected chi connectivity index (χ4v) is 12.1. The first-order chi connectivity index (χ1) is 37.3. The van der Waals surface area contributed by atoms with Gasteiger partial charge in [-0.3, -0.25) is 19.3 Å². The highest BCUT2D eigenvalue weighted by atomic mass is 19.1. The molecule has 78 heavy (non-hydrogen) atoms. The van der Waals surface area contributed by atoms with Gasteiger partial charge in [0.05, 0.1) is 90.9 Å². The van der Waals surface area contributed by atoms with Crippen molar-refractivity contribution in [3.63, 3.8) is 0 Å². The van der Waals surface area contributed by atoms with E-state index in [9.17, 15) is 19.0 Å². The van der Waals surface area contributed by atoms with Crippen molar-refractivity contribution in [3.8, 4) is 22.5 Å². The molecule has 0 amide bonds. The lowest BCUT2D eigenvalue weighted by atomic mass is 9.86. The highest BCUT2D eigenvalue weighted by Gasteiger charge is 2.35. The molecule has 0 aliphatic carbocycles. The number of aryl methyl sites for hydroxylation is 4. The second-order valence-electron chi connectivity index (χ2n) is 22.2. The number of halogens is 4. The number of nitrogens with zero attached hydrogens (tertiary/aromatic N) is 8. The van der Waals surface area contributed by atoms with E-state index in [2.05, 4.69) is 19.3 Å². The Morgan fingerprint density at radius 1 is 0.526 bits per heavy atom. The van der Waals surface area contributed by atoms with Crippen molar-refractivity contribution in [1.29, 1.82) is 0 Å². The zero-order valence-electron chi connectivity index (χ0n) is 45.2. The monoisotopic (exact) mass is 1060 g/mol. The Hall–Kier alpha value is -7.24. The Labute approximate surface area is 449 Å². The van der Waals surface area contributed by atoms with Gasteiger partial charge in [-0.1, -0.05) is 24.3 Å². The smallest absolute Gasteiger partial charge is 0.135 e. The van der Waals surface area contributed by atoms with E-state index in [0.717, 1.165) is 81.5 Å². The Balaban J connectivity index is 0.000000165. The topological polar surface area (TPSA) is 130 Å². The van der Waals surface area contributed by atoms with Crippen molar-refractivity contribution in [2.24, 2.45) is 25.9 Å². The molecule has 2 N–H and O–H groups in total. The lowest BCUT2D eigenvalue weighted by molar-refractivity contribution is 0.0551. The summed E-state index contributed by atoms with van der Waals surface area (Å²) in [4.78, 5) is 9.59. The minimum atomic E-state index is -1.26. The largest absolute Gasteiger partial charge is 0.386 e. The average Bonchev–Trinajstić information content (AvgIpc) is 4.32. The molecule has 6 aromatic heterocycles. The van der Waals surface area contributed by atoms with Gasteiger partial charge in [-0.2, -0.15) is 10.2 Å². The molecule has 2 aliphatic rings. The Bertz CT molecular complexity index is 3600. The summed E-state index contributed by atoms with van der Waals surface area (Å²) in [6.45, 7) is 13.0. The predicted molar refractivity (Wildman–Crippen MR) is 295 cm³/mol. The van der Waals surface area contributed by atoms with E-state index in [-0.39, 0.29) is 35.6 Å². The van der Waals surface area contributed by atoms with E-state index in [1.54, 1.807) is 73.7 Å². The van der Waals surface area contributed by atoms with Crippen LogP contribution in [0.3, 0.4) is 0 Å². The van der Waals surface area contributed by atoms with Crippen LogP contribution in [-0.4, -0.2) is 75.3 Å². The molecule has 0 saturated carbocycles. The van der Waals surface area contributed by atoms with Crippen molar-refractivity contribution in [3.05, 3.63) is 166 Å². The lowest BCUT2D eigenvalue weighted by Gasteiger charge is -2.33. The summed E-state index contributed by atoms with van der Waals surface area (Å²) in [5.74, 6) is -1.30. The number of rotatable bonds is 10. The molecule has 0 spiro atoms. The first-order valence-electron chi connectivity index (χ1n) is 26.6. The molecule has 8 heterocycles. The molecular formula is C62H64F4N8O4. The van der Waals surface area contributed by atoms with Crippen LogP contribution >= 0.6 is 0 Å². The zero-order chi connectivity index (χ0) is 54.9. The summed E-state index contributed by atoms with van der Waals surface area (Å²) >= 11 is 0. The maximum absolute atomic E-state index is 15.9. The van der Waals surface area contributed by atoms with Crippen LogP contribution in [0.4, 0.5) is 17.6 Å². The molecule has 2 aliphatic heterocycles. The molecular weight excluding hydrogens is 997 g/mol. The second kappa shape index (κ2) is 20.5. The number of fused-ring (bicyclic) bond motifs is 6. The number of aromatic nitrogens is 8. The number of aliphatic hydroxyl groups is 2. The van der Waals surface area contributed by atoms with Crippen LogP contribution in [-0.2, 0) is 34.8 Å². The Morgan fingerprint density at radius 2 is 0.910 bits per heavy atom. The summed E-state index contributed by atoms with van der Waals surface area (Å²) in [5.41, 5.74) is 9.38. The molecule has 2 fully saturated rings. The van der Waals surface area contributed by atoms with Gasteiger partial charge in [0.1, 0.15) is 23.3 Å². The van der Waals surface area contributed by atoms with E-state index in [1.807, 2.05) is 76.7 Å². The Morgan fingerprint density at radius 3 is 1.24 bits per heavy atom. The van der Waals surface area contributed by atoms with Gasteiger partial charge in [-0.25, -0.2) is 17.6 Å². The van der Waals surface area contributed by atoms with E-state index in [0.29, 0.717) is 70.4 Å². The third-order valence-electron chi connectivity index (χ3n) is 16.0. The fourth-order valence-electron chi connectivity index (χ4n) is 12.1.